The van der Waals surface area contributed by atoms with E-state index in [2.05, 4.69) is 24.3 Å². The molecule has 5 nitrogen and oxygen atoms in total. The number of carboxylic acid groups (broad SMARTS) is 1. The van der Waals surface area contributed by atoms with Crippen LogP contribution in [-0.2, 0) is 9.53 Å². The fourth-order valence-electron chi connectivity index (χ4n) is 4.24. The first-order valence-corrected chi connectivity index (χ1v) is 9.43. The van der Waals surface area contributed by atoms with Crippen molar-refractivity contribution in [3.8, 4) is 11.1 Å². The SMILES string of the molecule is O=C([O-])CC1CCN(C(=O)OCC2c3ccccc3-c3ccccc32)CC1. The van der Waals surface area contributed by atoms with E-state index in [0.717, 1.165) is 0 Å². The van der Waals surface area contributed by atoms with Gasteiger partial charge in [0.25, 0.3) is 0 Å². The Hall–Kier alpha value is -2.82. The monoisotopic (exact) mass is 364 g/mol. The molecule has 5 heteroatoms. The van der Waals surface area contributed by atoms with Crippen LogP contribution in [-0.4, -0.2) is 36.7 Å². The largest absolute Gasteiger partial charge is 0.550 e. The maximum Gasteiger partial charge on any atom is 0.409 e. The number of aliphatic carboxylic acids is 1. The van der Waals surface area contributed by atoms with Crippen molar-refractivity contribution in [1.29, 1.82) is 0 Å². The summed E-state index contributed by atoms with van der Waals surface area (Å²) >= 11 is 0. The summed E-state index contributed by atoms with van der Waals surface area (Å²) in [5, 5.41) is 10.7. The van der Waals surface area contributed by atoms with Crippen molar-refractivity contribution in [3.63, 3.8) is 0 Å². The second kappa shape index (κ2) is 7.43. The van der Waals surface area contributed by atoms with E-state index in [4.69, 9.17) is 4.74 Å². The van der Waals surface area contributed by atoms with Crippen LogP contribution < -0.4 is 5.11 Å². The van der Waals surface area contributed by atoms with E-state index in [1.807, 2.05) is 24.3 Å². The third-order valence-corrected chi connectivity index (χ3v) is 5.66. The number of hydrogen-bond acceptors (Lipinski definition) is 4. The summed E-state index contributed by atoms with van der Waals surface area (Å²) in [4.78, 5) is 24.9. The summed E-state index contributed by atoms with van der Waals surface area (Å²) in [5.41, 5.74) is 4.80. The van der Waals surface area contributed by atoms with Crippen LogP contribution in [0.1, 0.15) is 36.3 Å². The summed E-state index contributed by atoms with van der Waals surface area (Å²) in [6.45, 7) is 1.38. The number of fused-ring (bicyclic) bond motifs is 3. The van der Waals surface area contributed by atoms with Gasteiger partial charge in [-0.2, -0.15) is 0 Å². The van der Waals surface area contributed by atoms with Gasteiger partial charge in [0.1, 0.15) is 6.61 Å². The zero-order valence-electron chi connectivity index (χ0n) is 15.1. The fourth-order valence-corrected chi connectivity index (χ4v) is 4.24. The van der Waals surface area contributed by atoms with E-state index in [0.29, 0.717) is 32.5 Å². The molecule has 1 heterocycles. The van der Waals surface area contributed by atoms with Crippen LogP contribution in [0.5, 0.6) is 0 Å². The Bertz CT molecular complexity index is 809. The number of carbonyl (C=O) groups is 2. The molecule has 4 rings (SSSR count). The van der Waals surface area contributed by atoms with Gasteiger partial charge in [0.15, 0.2) is 0 Å². The molecule has 2 aromatic rings. The predicted molar refractivity (Wildman–Crippen MR) is 99.0 cm³/mol. The minimum atomic E-state index is -1.02. The number of rotatable bonds is 4. The van der Waals surface area contributed by atoms with E-state index in [1.54, 1.807) is 4.90 Å². The van der Waals surface area contributed by atoms with E-state index < -0.39 is 5.97 Å². The third-order valence-electron chi connectivity index (χ3n) is 5.66. The van der Waals surface area contributed by atoms with Crippen LogP contribution in [0.25, 0.3) is 11.1 Å². The van der Waals surface area contributed by atoms with Gasteiger partial charge >= 0.3 is 6.09 Å². The van der Waals surface area contributed by atoms with Crippen LogP contribution in [0, 0.1) is 5.92 Å². The molecule has 1 saturated heterocycles. The summed E-state index contributed by atoms with van der Waals surface area (Å²) in [7, 11) is 0. The molecule has 1 fully saturated rings. The number of carboxylic acids is 1. The van der Waals surface area contributed by atoms with E-state index in [-0.39, 0.29) is 24.3 Å². The first kappa shape index (κ1) is 17.6. The molecule has 1 aliphatic heterocycles. The molecule has 0 N–H and O–H groups in total. The molecule has 0 unspecified atom stereocenters. The molecule has 27 heavy (non-hydrogen) atoms. The van der Waals surface area contributed by atoms with Crippen molar-refractivity contribution >= 4 is 12.1 Å². The topological polar surface area (TPSA) is 69.7 Å². The average Bonchev–Trinajstić information content (AvgIpc) is 3.00. The number of hydrogen-bond donors (Lipinski definition) is 0. The van der Waals surface area contributed by atoms with Crippen LogP contribution in [0.2, 0.25) is 0 Å². The Kier molecular flexibility index (Phi) is 4.84. The molecule has 0 bridgehead atoms. The second-order valence-electron chi connectivity index (χ2n) is 7.31. The molecule has 2 aliphatic rings. The number of ether oxygens (including phenoxy) is 1. The minimum absolute atomic E-state index is 0.0528. The van der Waals surface area contributed by atoms with Gasteiger partial charge in [-0.1, -0.05) is 48.5 Å². The van der Waals surface area contributed by atoms with Crippen molar-refractivity contribution in [2.45, 2.75) is 25.2 Å². The number of benzene rings is 2. The first-order chi connectivity index (χ1) is 13.1. The highest BCUT2D eigenvalue weighted by molar-refractivity contribution is 5.79. The molecule has 0 aromatic heterocycles. The molecule has 1 amide bonds. The summed E-state index contributed by atoms with van der Waals surface area (Å²) < 4.78 is 5.65. The van der Waals surface area contributed by atoms with Gasteiger partial charge in [0.2, 0.25) is 0 Å². The highest BCUT2D eigenvalue weighted by Crippen LogP contribution is 2.44. The van der Waals surface area contributed by atoms with Gasteiger partial charge in [-0.15, -0.1) is 0 Å². The number of amides is 1. The summed E-state index contributed by atoms with van der Waals surface area (Å²) in [5.74, 6) is -0.876. The number of nitrogens with zero attached hydrogens (tertiary/aromatic N) is 1. The van der Waals surface area contributed by atoms with E-state index in [1.165, 1.54) is 22.3 Å². The van der Waals surface area contributed by atoms with Crippen LogP contribution in [0.3, 0.4) is 0 Å². The maximum absolute atomic E-state index is 12.5. The first-order valence-electron chi connectivity index (χ1n) is 9.43. The number of likely N-dealkylation sites (tertiary alicyclic amines) is 1. The number of carbonyl (C=O) groups excluding carboxylic acids is 2. The van der Waals surface area contributed by atoms with Crippen molar-refractivity contribution < 1.29 is 19.4 Å². The quantitative estimate of drug-likeness (QED) is 0.836. The maximum atomic E-state index is 12.5. The Labute approximate surface area is 158 Å². The smallest absolute Gasteiger partial charge is 0.409 e. The summed E-state index contributed by atoms with van der Waals surface area (Å²) in [6, 6.07) is 16.5. The van der Waals surface area contributed by atoms with Crippen molar-refractivity contribution in [2.75, 3.05) is 19.7 Å². The zero-order chi connectivity index (χ0) is 18.8. The van der Waals surface area contributed by atoms with Gasteiger partial charge in [0.05, 0.1) is 0 Å². The van der Waals surface area contributed by atoms with Gasteiger partial charge < -0.3 is 19.5 Å². The third kappa shape index (κ3) is 3.54. The van der Waals surface area contributed by atoms with Crippen LogP contribution >= 0.6 is 0 Å². The van der Waals surface area contributed by atoms with Gasteiger partial charge in [-0.05, 0) is 47.4 Å². The van der Waals surface area contributed by atoms with Crippen molar-refractivity contribution in [1.82, 2.24) is 4.90 Å². The molecule has 2 aromatic carbocycles. The lowest BCUT2D eigenvalue weighted by atomic mass is 9.94. The van der Waals surface area contributed by atoms with Crippen molar-refractivity contribution in [2.24, 2.45) is 5.92 Å². The molecule has 0 atom stereocenters. The predicted octanol–water partition coefficient (Wildman–Crippen LogP) is 2.79. The molecule has 0 spiro atoms. The highest BCUT2D eigenvalue weighted by Gasteiger charge is 2.30. The molecule has 0 radical (unpaired) electrons. The normalized spacial score (nSPS) is 16.7. The molecular weight excluding hydrogens is 342 g/mol. The Morgan fingerprint density at radius 1 is 0.963 bits per heavy atom. The fraction of sp³-hybridized carbons (Fsp3) is 0.364. The number of piperidine rings is 1. The van der Waals surface area contributed by atoms with Gasteiger partial charge in [0, 0.05) is 25.0 Å². The standard InChI is InChI=1S/C22H23NO4/c24-21(25)13-15-9-11-23(12-10-15)22(26)27-14-20-18-7-3-1-5-16(18)17-6-2-4-8-19(17)20/h1-8,15,20H,9-14H2,(H,24,25)/p-1. The van der Waals surface area contributed by atoms with Crippen LogP contribution in [0.4, 0.5) is 4.79 Å². The average molecular weight is 364 g/mol. The Balaban J connectivity index is 1.39. The second-order valence-corrected chi connectivity index (χ2v) is 7.31. The molecule has 140 valence electrons. The summed E-state index contributed by atoms with van der Waals surface area (Å²) in [6.07, 6.45) is 1.11. The minimum Gasteiger partial charge on any atom is -0.550 e. The molecular formula is C22H22NO4-. The lowest BCUT2D eigenvalue weighted by Crippen LogP contribution is -2.40. The van der Waals surface area contributed by atoms with Gasteiger partial charge in [-0.3, -0.25) is 0 Å². The lowest BCUT2D eigenvalue weighted by molar-refractivity contribution is -0.307. The molecule has 0 saturated carbocycles. The highest BCUT2D eigenvalue weighted by atomic mass is 16.6. The lowest BCUT2D eigenvalue weighted by Gasteiger charge is -2.31. The Morgan fingerprint density at radius 2 is 1.52 bits per heavy atom. The molecule has 1 aliphatic carbocycles. The van der Waals surface area contributed by atoms with E-state index >= 15 is 0 Å². The van der Waals surface area contributed by atoms with Crippen LogP contribution in [0.15, 0.2) is 48.5 Å². The zero-order valence-corrected chi connectivity index (χ0v) is 15.1. The Morgan fingerprint density at radius 3 is 2.07 bits per heavy atom. The van der Waals surface area contributed by atoms with E-state index in [9.17, 15) is 14.7 Å². The van der Waals surface area contributed by atoms with Gasteiger partial charge in [-0.25, -0.2) is 4.79 Å². The van der Waals surface area contributed by atoms with Crippen molar-refractivity contribution in [3.05, 3.63) is 59.7 Å².